The summed E-state index contributed by atoms with van der Waals surface area (Å²) in [5, 5.41) is 0. The Morgan fingerprint density at radius 1 is 1.58 bits per heavy atom. The molecule has 106 valence electrons. The van der Waals surface area contributed by atoms with E-state index in [-0.39, 0.29) is 12.1 Å². The third-order valence-corrected chi connectivity index (χ3v) is 4.46. The fourth-order valence-corrected chi connectivity index (χ4v) is 3.29. The molecule has 0 saturated carbocycles. The van der Waals surface area contributed by atoms with Gasteiger partial charge in [-0.25, -0.2) is 0 Å². The van der Waals surface area contributed by atoms with E-state index < -0.39 is 0 Å². The van der Waals surface area contributed by atoms with Crippen LogP contribution in [0, 0.1) is 5.92 Å². The average molecular weight is 329 g/mol. The highest BCUT2D eigenvalue weighted by molar-refractivity contribution is 9.10. The van der Waals surface area contributed by atoms with Gasteiger partial charge in [0.25, 0.3) is 0 Å². The van der Waals surface area contributed by atoms with Gasteiger partial charge in [0.05, 0.1) is 17.7 Å². The van der Waals surface area contributed by atoms with Gasteiger partial charge in [-0.15, -0.1) is 0 Å². The molecule has 5 heteroatoms. The SMILES string of the molecule is COc1ccc(CC(NN)C2CCOC2C)cc1Br. The van der Waals surface area contributed by atoms with E-state index in [4.69, 9.17) is 15.3 Å². The van der Waals surface area contributed by atoms with Crippen molar-refractivity contribution in [3.63, 3.8) is 0 Å². The minimum Gasteiger partial charge on any atom is -0.496 e. The summed E-state index contributed by atoms with van der Waals surface area (Å²) in [7, 11) is 1.67. The summed E-state index contributed by atoms with van der Waals surface area (Å²) < 4.78 is 11.8. The van der Waals surface area contributed by atoms with Gasteiger partial charge in [-0.2, -0.15) is 0 Å². The van der Waals surface area contributed by atoms with Crippen molar-refractivity contribution in [3.8, 4) is 5.75 Å². The average Bonchev–Trinajstić information content (AvgIpc) is 2.82. The van der Waals surface area contributed by atoms with Crippen molar-refractivity contribution in [2.24, 2.45) is 11.8 Å². The van der Waals surface area contributed by atoms with E-state index in [1.54, 1.807) is 7.11 Å². The fraction of sp³-hybridized carbons (Fsp3) is 0.571. The van der Waals surface area contributed by atoms with E-state index in [2.05, 4.69) is 40.4 Å². The maximum absolute atomic E-state index is 5.71. The Morgan fingerprint density at radius 3 is 2.89 bits per heavy atom. The quantitative estimate of drug-likeness (QED) is 0.643. The van der Waals surface area contributed by atoms with Crippen LogP contribution >= 0.6 is 15.9 Å². The Labute approximate surface area is 122 Å². The first-order chi connectivity index (χ1) is 9.15. The Hall–Kier alpha value is -0.620. The molecule has 3 unspecified atom stereocenters. The molecule has 1 aliphatic rings. The zero-order valence-corrected chi connectivity index (χ0v) is 12.9. The van der Waals surface area contributed by atoms with Gasteiger partial charge in [0, 0.05) is 18.6 Å². The first-order valence-electron chi connectivity index (χ1n) is 6.56. The van der Waals surface area contributed by atoms with Crippen molar-refractivity contribution in [2.45, 2.75) is 31.9 Å². The maximum Gasteiger partial charge on any atom is 0.133 e. The lowest BCUT2D eigenvalue weighted by atomic mass is 9.89. The lowest BCUT2D eigenvalue weighted by Crippen LogP contribution is -2.44. The molecule has 2 rings (SSSR count). The molecule has 1 aliphatic heterocycles. The zero-order valence-electron chi connectivity index (χ0n) is 11.4. The predicted octanol–water partition coefficient (Wildman–Crippen LogP) is 2.26. The van der Waals surface area contributed by atoms with Crippen LogP contribution < -0.4 is 16.0 Å². The van der Waals surface area contributed by atoms with Crippen LogP contribution in [0.4, 0.5) is 0 Å². The first-order valence-corrected chi connectivity index (χ1v) is 7.35. The standard InChI is InChI=1S/C14H21BrN2O2/c1-9-11(5-6-19-9)13(17-16)8-10-3-4-14(18-2)12(15)7-10/h3-4,7,9,11,13,17H,5-6,8,16H2,1-2H3. The Balaban J connectivity index is 2.07. The summed E-state index contributed by atoms with van der Waals surface area (Å²) in [6.07, 6.45) is 2.22. The van der Waals surface area contributed by atoms with Gasteiger partial charge in [0.2, 0.25) is 0 Å². The van der Waals surface area contributed by atoms with E-state index in [1.807, 2.05) is 6.07 Å². The fourth-order valence-electron chi connectivity index (χ4n) is 2.70. The molecule has 0 bridgehead atoms. The van der Waals surface area contributed by atoms with Crippen LogP contribution in [0.25, 0.3) is 0 Å². The van der Waals surface area contributed by atoms with Crippen molar-refractivity contribution in [3.05, 3.63) is 28.2 Å². The summed E-state index contributed by atoms with van der Waals surface area (Å²) >= 11 is 3.51. The highest BCUT2D eigenvalue weighted by atomic mass is 79.9. The minimum absolute atomic E-state index is 0.234. The van der Waals surface area contributed by atoms with Crippen molar-refractivity contribution in [1.82, 2.24) is 5.43 Å². The molecular weight excluding hydrogens is 308 g/mol. The van der Waals surface area contributed by atoms with Crippen molar-refractivity contribution in [2.75, 3.05) is 13.7 Å². The number of hydrogen-bond acceptors (Lipinski definition) is 4. The normalized spacial score (nSPS) is 24.4. The van der Waals surface area contributed by atoms with Gasteiger partial charge < -0.3 is 9.47 Å². The monoisotopic (exact) mass is 328 g/mol. The molecule has 4 nitrogen and oxygen atoms in total. The Morgan fingerprint density at radius 2 is 2.37 bits per heavy atom. The molecule has 0 aromatic heterocycles. The summed E-state index contributed by atoms with van der Waals surface area (Å²) in [5.41, 5.74) is 4.18. The van der Waals surface area contributed by atoms with E-state index in [9.17, 15) is 0 Å². The summed E-state index contributed by atoms with van der Waals surface area (Å²) in [5.74, 6) is 7.02. The molecule has 1 fully saturated rings. The molecule has 19 heavy (non-hydrogen) atoms. The van der Waals surface area contributed by atoms with Crippen molar-refractivity contribution in [1.29, 1.82) is 0 Å². The second-order valence-corrected chi connectivity index (χ2v) is 5.83. The highest BCUT2D eigenvalue weighted by Gasteiger charge is 2.31. The van der Waals surface area contributed by atoms with Crippen LogP contribution in [0.5, 0.6) is 5.75 Å². The largest absolute Gasteiger partial charge is 0.496 e. The number of hydrazine groups is 1. The Bertz CT molecular complexity index is 428. The lowest BCUT2D eigenvalue weighted by molar-refractivity contribution is 0.0954. The topological polar surface area (TPSA) is 56.5 Å². The van der Waals surface area contributed by atoms with E-state index >= 15 is 0 Å². The van der Waals surface area contributed by atoms with Crippen LogP contribution in [0.2, 0.25) is 0 Å². The number of hydrogen-bond donors (Lipinski definition) is 2. The molecule has 3 N–H and O–H groups in total. The third kappa shape index (κ3) is 3.48. The van der Waals surface area contributed by atoms with Crippen LogP contribution in [0.15, 0.2) is 22.7 Å². The van der Waals surface area contributed by atoms with Gasteiger partial charge in [0.15, 0.2) is 0 Å². The summed E-state index contributed by atoms with van der Waals surface area (Å²) in [6.45, 7) is 2.95. The van der Waals surface area contributed by atoms with Crippen molar-refractivity contribution < 1.29 is 9.47 Å². The first kappa shape index (κ1) is 14.8. The highest BCUT2D eigenvalue weighted by Crippen LogP contribution is 2.29. The maximum atomic E-state index is 5.71. The summed E-state index contributed by atoms with van der Waals surface area (Å²) in [6, 6.07) is 6.37. The van der Waals surface area contributed by atoms with E-state index in [0.29, 0.717) is 5.92 Å². The number of benzene rings is 1. The van der Waals surface area contributed by atoms with Gasteiger partial charge in [-0.3, -0.25) is 11.3 Å². The molecule has 1 heterocycles. The molecule has 0 amide bonds. The van der Waals surface area contributed by atoms with Gasteiger partial charge in [-0.1, -0.05) is 6.07 Å². The number of halogens is 1. The predicted molar refractivity (Wildman–Crippen MR) is 79.0 cm³/mol. The number of nitrogens with two attached hydrogens (primary N) is 1. The van der Waals surface area contributed by atoms with Gasteiger partial charge >= 0.3 is 0 Å². The number of methoxy groups -OCH3 is 1. The molecule has 0 spiro atoms. The molecular formula is C14H21BrN2O2. The van der Waals surface area contributed by atoms with Crippen LogP contribution in [-0.2, 0) is 11.2 Å². The third-order valence-electron chi connectivity index (χ3n) is 3.84. The molecule has 0 aliphatic carbocycles. The van der Waals surface area contributed by atoms with E-state index in [1.165, 1.54) is 5.56 Å². The van der Waals surface area contributed by atoms with Gasteiger partial charge in [-0.05, 0) is 53.4 Å². The van der Waals surface area contributed by atoms with Crippen LogP contribution in [0.1, 0.15) is 18.9 Å². The Kier molecular flexibility index (Phi) is 5.21. The summed E-state index contributed by atoms with van der Waals surface area (Å²) in [4.78, 5) is 0. The molecule has 0 radical (unpaired) electrons. The number of ether oxygens (including phenoxy) is 2. The van der Waals surface area contributed by atoms with Crippen molar-refractivity contribution >= 4 is 15.9 Å². The molecule has 3 atom stereocenters. The van der Waals surface area contributed by atoms with Crippen LogP contribution in [-0.4, -0.2) is 25.9 Å². The van der Waals surface area contributed by atoms with E-state index in [0.717, 1.165) is 29.7 Å². The second kappa shape index (κ2) is 6.70. The second-order valence-electron chi connectivity index (χ2n) is 4.97. The smallest absolute Gasteiger partial charge is 0.133 e. The number of rotatable bonds is 5. The molecule has 1 aromatic rings. The molecule has 1 aromatic carbocycles. The lowest BCUT2D eigenvalue weighted by Gasteiger charge is -2.25. The van der Waals surface area contributed by atoms with Crippen LogP contribution in [0.3, 0.4) is 0 Å². The zero-order chi connectivity index (χ0) is 13.8. The number of nitrogens with one attached hydrogen (secondary N) is 1. The van der Waals surface area contributed by atoms with Gasteiger partial charge in [0.1, 0.15) is 5.75 Å². The molecule has 1 saturated heterocycles. The minimum atomic E-state index is 0.234.